The maximum atomic E-state index is 10.5. The fourth-order valence-corrected chi connectivity index (χ4v) is 4.92. The molecule has 4 aromatic rings. The van der Waals surface area contributed by atoms with Gasteiger partial charge in [-0.3, -0.25) is 0 Å². The minimum atomic E-state index is -4.30. The Balaban J connectivity index is 2.25. The molecule has 0 bridgehead atoms. The van der Waals surface area contributed by atoms with Gasteiger partial charge >= 0.3 is 7.94 Å². The van der Waals surface area contributed by atoms with Crippen molar-refractivity contribution >= 4 is 24.0 Å². The van der Waals surface area contributed by atoms with E-state index in [1.54, 1.807) is 0 Å². The van der Waals surface area contributed by atoms with Crippen LogP contribution in [0.3, 0.4) is 0 Å². The molecule has 3 N–H and O–H groups in total. The summed E-state index contributed by atoms with van der Waals surface area (Å²) in [5.41, 5.74) is 5.51. The zero-order valence-electron chi connectivity index (χ0n) is 15.8. The fourth-order valence-electron chi connectivity index (χ4n) is 3.85. The molecule has 0 spiro atoms. The lowest BCUT2D eigenvalue weighted by Gasteiger charge is -2.20. The summed E-state index contributed by atoms with van der Waals surface area (Å²) in [5, 5.41) is 1.71. The largest absolute Gasteiger partial charge is 0.442 e. The van der Waals surface area contributed by atoms with Crippen molar-refractivity contribution in [3.8, 4) is 22.3 Å². The van der Waals surface area contributed by atoms with Crippen LogP contribution in [0, 0.1) is 13.8 Å². The minimum absolute atomic E-state index is 0.207. The molecule has 140 valence electrons. The smallest absolute Gasteiger partial charge is 0.189 e. The summed E-state index contributed by atoms with van der Waals surface area (Å²) in [5.74, 6) is 0. The van der Waals surface area contributed by atoms with Crippen LogP contribution in [-0.4, -0.2) is 14.7 Å². The third-order valence-electron chi connectivity index (χ3n) is 5.17. The summed E-state index contributed by atoms with van der Waals surface area (Å²) < 4.78 is 0. The third kappa shape index (κ3) is 3.23. The highest BCUT2D eigenvalue weighted by Crippen LogP contribution is 2.51. The lowest BCUT2D eigenvalue weighted by Crippen LogP contribution is -2.16. The second-order valence-corrected chi connectivity index (χ2v) is 8.65. The van der Waals surface area contributed by atoms with E-state index < -0.39 is 7.94 Å². The van der Waals surface area contributed by atoms with Gasteiger partial charge in [0.15, 0.2) is 5.30 Å². The van der Waals surface area contributed by atoms with Gasteiger partial charge in [-0.05, 0) is 53.1 Å². The highest BCUT2D eigenvalue weighted by molar-refractivity contribution is 7.67. The molecule has 28 heavy (non-hydrogen) atoms. The van der Waals surface area contributed by atoms with Crippen molar-refractivity contribution in [2.24, 2.45) is 0 Å². The zero-order valence-corrected chi connectivity index (χ0v) is 16.7. The number of aryl methyl sites for hydroxylation is 2. The topological polar surface area (TPSA) is 60.7 Å². The lowest BCUT2D eigenvalue weighted by atomic mass is 9.88. The summed E-state index contributed by atoms with van der Waals surface area (Å²) in [6, 6.07) is 25.4. The van der Waals surface area contributed by atoms with Gasteiger partial charge in [-0.2, -0.15) is 14.7 Å². The van der Waals surface area contributed by atoms with Crippen molar-refractivity contribution in [1.82, 2.24) is 0 Å². The molecule has 0 aliphatic carbocycles. The molecule has 0 aliphatic heterocycles. The molecule has 0 unspecified atom stereocenters. The van der Waals surface area contributed by atoms with Crippen LogP contribution >= 0.6 is 7.94 Å². The van der Waals surface area contributed by atoms with Crippen LogP contribution in [-0.2, 0) is 0 Å². The van der Waals surface area contributed by atoms with Crippen LogP contribution in [0.4, 0.5) is 0 Å². The molecule has 0 saturated carbocycles. The van der Waals surface area contributed by atoms with Crippen LogP contribution in [0.15, 0.2) is 78.9 Å². The fraction of sp³-hybridized carbons (Fsp3) is 0.0833. The van der Waals surface area contributed by atoms with E-state index in [9.17, 15) is 14.7 Å². The second kappa shape index (κ2) is 7.12. The average molecular weight is 389 g/mol. The van der Waals surface area contributed by atoms with Gasteiger partial charge in [0, 0.05) is 10.9 Å². The molecule has 0 radical (unpaired) electrons. The summed E-state index contributed by atoms with van der Waals surface area (Å²) in [7, 11) is -4.30. The molecule has 0 fully saturated rings. The summed E-state index contributed by atoms with van der Waals surface area (Å²) in [6.07, 6.45) is 0. The van der Waals surface area contributed by atoms with Gasteiger partial charge in [-0.25, -0.2) is 0 Å². The van der Waals surface area contributed by atoms with E-state index in [-0.39, 0.29) is 5.30 Å². The maximum absolute atomic E-state index is 10.5. The number of hydrogen-bond acceptors (Lipinski definition) is 3. The molecule has 4 aromatic carbocycles. The quantitative estimate of drug-likeness (QED) is 0.425. The van der Waals surface area contributed by atoms with E-state index in [4.69, 9.17) is 0 Å². The standard InChI is InChI=1S/C24H22O3P/c1-16-9-3-6-12-19(16)22-15-18-11-5-8-14-21(18)24(28(25,26)27)23(22)20-13-7-4-10-17(20)2/h3-15,25-27H,1-2H3/q+1. The lowest BCUT2D eigenvalue weighted by molar-refractivity contribution is 0.347. The molecular weight excluding hydrogens is 367 g/mol. The van der Waals surface area contributed by atoms with Crippen molar-refractivity contribution in [1.29, 1.82) is 0 Å². The first kappa shape index (κ1) is 18.8. The Kier molecular flexibility index (Phi) is 4.78. The van der Waals surface area contributed by atoms with Crippen molar-refractivity contribution in [2.45, 2.75) is 13.8 Å². The summed E-state index contributed by atoms with van der Waals surface area (Å²) >= 11 is 0. The Morgan fingerprint density at radius 2 is 1.14 bits per heavy atom. The van der Waals surface area contributed by atoms with E-state index in [1.807, 2.05) is 86.6 Å². The highest BCUT2D eigenvalue weighted by Gasteiger charge is 2.41. The highest BCUT2D eigenvalue weighted by atomic mass is 31.2. The predicted octanol–water partition coefficient (Wildman–Crippen LogP) is 5.16. The first-order chi connectivity index (χ1) is 13.4. The Morgan fingerprint density at radius 3 is 1.75 bits per heavy atom. The Labute approximate surface area is 165 Å². The van der Waals surface area contributed by atoms with Crippen LogP contribution < -0.4 is 5.30 Å². The van der Waals surface area contributed by atoms with Gasteiger partial charge < -0.3 is 0 Å². The van der Waals surface area contributed by atoms with Crippen LogP contribution in [0.25, 0.3) is 33.0 Å². The Hall–Kier alpha value is -2.55. The first-order valence-electron chi connectivity index (χ1n) is 9.13. The van der Waals surface area contributed by atoms with Gasteiger partial charge in [-0.15, -0.1) is 0 Å². The van der Waals surface area contributed by atoms with E-state index in [2.05, 4.69) is 6.07 Å². The molecule has 0 aliphatic rings. The molecule has 4 heteroatoms. The normalized spacial score (nSPS) is 11.8. The van der Waals surface area contributed by atoms with Crippen molar-refractivity contribution in [3.63, 3.8) is 0 Å². The Bertz CT molecular complexity index is 1180. The predicted molar refractivity (Wildman–Crippen MR) is 118 cm³/mol. The molecule has 0 atom stereocenters. The maximum Gasteiger partial charge on any atom is 0.442 e. The molecule has 3 nitrogen and oxygen atoms in total. The summed E-state index contributed by atoms with van der Waals surface area (Å²) in [4.78, 5) is 31.4. The van der Waals surface area contributed by atoms with E-state index in [0.29, 0.717) is 10.9 Å². The molecule has 0 saturated heterocycles. The molecular formula is C24H22O3P+. The van der Waals surface area contributed by atoms with E-state index in [1.165, 1.54) is 0 Å². The van der Waals surface area contributed by atoms with E-state index >= 15 is 0 Å². The molecule has 0 aromatic heterocycles. The number of benzene rings is 4. The van der Waals surface area contributed by atoms with Crippen molar-refractivity contribution in [3.05, 3.63) is 90.0 Å². The van der Waals surface area contributed by atoms with Crippen LogP contribution in [0.5, 0.6) is 0 Å². The zero-order chi connectivity index (χ0) is 19.9. The SMILES string of the molecule is Cc1ccccc1-c1cc2ccccc2c([P+](O)(O)O)c1-c1ccccc1C. The van der Waals surface area contributed by atoms with E-state index in [0.717, 1.165) is 33.2 Å². The molecule has 0 heterocycles. The first-order valence-corrected chi connectivity index (χ1v) is 10.8. The van der Waals surface area contributed by atoms with Crippen molar-refractivity contribution < 1.29 is 14.7 Å². The molecule has 4 rings (SSSR count). The van der Waals surface area contributed by atoms with Crippen LogP contribution in [0.1, 0.15) is 11.1 Å². The number of fused-ring (bicyclic) bond motifs is 1. The van der Waals surface area contributed by atoms with Gasteiger partial charge in [0.1, 0.15) is 0 Å². The Morgan fingerprint density at radius 1 is 0.607 bits per heavy atom. The number of rotatable bonds is 3. The summed E-state index contributed by atoms with van der Waals surface area (Å²) in [6.45, 7) is 4.02. The van der Waals surface area contributed by atoms with Gasteiger partial charge in [-0.1, -0.05) is 72.8 Å². The van der Waals surface area contributed by atoms with Gasteiger partial charge in [0.25, 0.3) is 0 Å². The monoisotopic (exact) mass is 389 g/mol. The van der Waals surface area contributed by atoms with Crippen LogP contribution in [0.2, 0.25) is 0 Å². The van der Waals surface area contributed by atoms with Crippen molar-refractivity contribution in [2.75, 3.05) is 0 Å². The van der Waals surface area contributed by atoms with Gasteiger partial charge in [0.2, 0.25) is 0 Å². The van der Waals surface area contributed by atoms with Gasteiger partial charge in [0.05, 0.1) is 0 Å². The second-order valence-electron chi connectivity index (χ2n) is 7.07. The average Bonchev–Trinajstić information content (AvgIpc) is 2.66. The third-order valence-corrected chi connectivity index (χ3v) is 6.24. The molecule has 0 amide bonds. The number of hydrogen-bond donors (Lipinski definition) is 3. The minimum Gasteiger partial charge on any atom is -0.189 e.